The van der Waals surface area contributed by atoms with Gasteiger partial charge in [0.25, 0.3) is 17.7 Å². The molecule has 2 fully saturated rings. The Morgan fingerprint density at radius 3 is 2.17 bits per heavy atom. The summed E-state index contributed by atoms with van der Waals surface area (Å²) < 4.78 is 60.4. The van der Waals surface area contributed by atoms with Gasteiger partial charge in [0, 0.05) is 31.3 Å². The van der Waals surface area contributed by atoms with E-state index in [1.54, 1.807) is 33.0 Å². The Morgan fingerprint density at radius 2 is 1.63 bits per heavy atom. The first-order valence-electron chi connectivity index (χ1n) is 17.1. The lowest BCUT2D eigenvalue weighted by Gasteiger charge is -2.34. The van der Waals surface area contributed by atoms with E-state index in [-0.39, 0.29) is 25.0 Å². The van der Waals surface area contributed by atoms with Crippen LogP contribution in [-0.2, 0) is 24.0 Å². The molecule has 14 nitrogen and oxygen atoms in total. The largest absolute Gasteiger partial charge is 0.511 e. The molecule has 288 valence electrons. The third-order valence-corrected chi connectivity index (χ3v) is 9.47. The molecule has 5 amide bonds. The van der Waals surface area contributed by atoms with Gasteiger partial charge >= 0.3 is 5.92 Å². The molecule has 0 spiro atoms. The molecule has 2 aliphatic rings. The molecule has 18 heteroatoms. The molecule has 0 aromatic carbocycles. The number of fused-ring (bicyclic) bond motifs is 1. The maximum atomic E-state index is 15.1. The van der Waals surface area contributed by atoms with E-state index in [0.29, 0.717) is 0 Å². The minimum atomic E-state index is -4.67. The van der Waals surface area contributed by atoms with Crippen molar-refractivity contribution in [3.05, 3.63) is 36.6 Å². The van der Waals surface area contributed by atoms with Crippen molar-refractivity contribution in [3.63, 3.8) is 0 Å². The van der Waals surface area contributed by atoms with Gasteiger partial charge in [-0.25, -0.2) is 13.8 Å². The van der Waals surface area contributed by atoms with Gasteiger partial charge in [-0.2, -0.15) is 8.78 Å². The van der Waals surface area contributed by atoms with E-state index in [9.17, 15) is 33.9 Å². The van der Waals surface area contributed by atoms with Crippen LogP contribution < -0.4 is 21.3 Å². The van der Waals surface area contributed by atoms with Crippen molar-refractivity contribution < 1.29 is 51.4 Å². The van der Waals surface area contributed by atoms with Crippen LogP contribution in [0.4, 0.5) is 17.6 Å². The van der Waals surface area contributed by atoms with Gasteiger partial charge < -0.3 is 31.3 Å². The number of nitrogens with zero attached hydrogens (tertiary/aromatic N) is 3. The molecule has 2 heterocycles. The van der Waals surface area contributed by atoms with Crippen molar-refractivity contribution in [3.8, 4) is 0 Å². The molecule has 3 rings (SSSR count). The molecule has 52 heavy (non-hydrogen) atoms. The number of Topliss-reactive ketones (excluding diaryl/α,β-unsaturated/α-hetero) is 1. The second kappa shape index (κ2) is 16.8. The van der Waals surface area contributed by atoms with Crippen molar-refractivity contribution in [1.82, 2.24) is 36.1 Å². The highest BCUT2D eigenvalue weighted by atomic mass is 19.3. The number of hydrogen-bond donors (Lipinski definition) is 5. The number of aliphatic hydroxyl groups excluding tert-OH is 1. The van der Waals surface area contributed by atoms with Crippen molar-refractivity contribution in [1.29, 1.82) is 0 Å². The molecular formula is C34H47F4N7O7. The standard InChI is InChI=1S/C34H47F4N7O7/c1-8-9-22(27(47)34(37,38)32(52)41-18(6)19(7)46)42-30(50)26-20-10-11-33(35,36)21(20)15-45(26)31(51)25(17(4)5)44-29(49)24(16(2)3)43-28(48)23-14-39-12-13-40-23/h12-14,16-18,20-22,24-26,46H,7-11,15H2,1-6H3,(H,41,52)(H,42,50)(H,43,48)(H,44,49)/t18-,20-,21-,22-,24-,25-,26-/m0/s1. The Labute approximate surface area is 299 Å². The van der Waals surface area contributed by atoms with Gasteiger partial charge in [-0.3, -0.25) is 33.8 Å². The van der Waals surface area contributed by atoms with E-state index in [0.717, 1.165) is 11.8 Å². The number of amides is 5. The van der Waals surface area contributed by atoms with Gasteiger partial charge in [0.05, 0.1) is 18.3 Å². The van der Waals surface area contributed by atoms with Crippen LogP contribution in [0.25, 0.3) is 0 Å². The first-order valence-corrected chi connectivity index (χ1v) is 17.1. The maximum Gasteiger partial charge on any atom is 0.383 e. The Morgan fingerprint density at radius 1 is 1.00 bits per heavy atom. The predicted octanol–water partition coefficient (Wildman–Crippen LogP) is 2.31. The zero-order chi connectivity index (χ0) is 39.3. The second-order valence-corrected chi connectivity index (χ2v) is 14.0. The van der Waals surface area contributed by atoms with Crippen LogP contribution in [0.1, 0.15) is 77.7 Å². The van der Waals surface area contributed by atoms with Gasteiger partial charge in [-0.1, -0.05) is 47.6 Å². The van der Waals surface area contributed by atoms with Gasteiger partial charge in [-0.05, 0) is 37.5 Å². The maximum absolute atomic E-state index is 15.1. The Kier molecular flexibility index (Phi) is 13.5. The lowest BCUT2D eigenvalue weighted by atomic mass is 9.91. The molecule has 1 saturated heterocycles. The summed E-state index contributed by atoms with van der Waals surface area (Å²) >= 11 is 0. The number of carbonyl (C=O) groups is 6. The fourth-order valence-corrected chi connectivity index (χ4v) is 6.44. The number of aliphatic hydroxyl groups is 1. The van der Waals surface area contributed by atoms with Gasteiger partial charge in [0.15, 0.2) is 0 Å². The van der Waals surface area contributed by atoms with Crippen LogP contribution in [0.5, 0.6) is 0 Å². The number of halogens is 4. The average Bonchev–Trinajstić information content (AvgIpc) is 3.61. The van der Waals surface area contributed by atoms with E-state index in [4.69, 9.17) is 0 Å². The zero-order valence-electron chi connectivity index (χ0n) is 29.9. The first kappa shape index (κ1) is 41.8. The van der Waals surface area contributed by atoms with E-state index in [1.807, 2.05) is 0 Å². The van der Waals surface area contributed by atoms with E-state index in [1.165, 1.54) is 25.5 Å². The summed E-state index contributed by atoms with van der Waals surface area (Å²) in [5, 5.41) is 18.5. The number of nitrogens with one attached hydrogen (secondary N) is 4. The Balaban J connectivity index is 1.90. The lowest BCUT2D eigenvalue weighted by Crippen LogP contribution is -2.61. The molecule has 0 bridgehead atoms. The zero-order valence-corrected chi connectivity index (χ0v) is 29.9. The molecule has 5 N–H and O–H groups in total. The van der Waals surface area contributed by atoms with Crippen molar-refractivity contribution in [2.24, 2.45) is 23.7 Å². The van der Waals surface area contributed by atoms with Crippen molar-refractivity contribution >= 4 is 35.3 Å². The van der Waals surface area contributed by atoms with Crippen LogP contribution in [0.2, 0.25) is 0 Å². The minimum Gasteiger partial charge on any atom is -0.511 e. The minimum absolute atomic E-state index is 0.0697. The van der Waals surface area contributed by atoms with Crippen LogP contribution in [0.15, 0.2) is 30.9 Å². The molecule has 0 unspecified atom stereocenters. The summed E-state index contributed by atoms with van der Waals surface area (Å²) in [5.41, 5.74) is -0.0697. The third kappa shape index (κ3) is 9.23. The summed E-state index contributed by atoms with van der Waals surface area (Å²) in [6, 6.07) is -7.47. The second-order valence-electron chi connectivity index (χ2n) is 14.0. The topological polar surface area (TPSA) is 200 Å². The third-order valence-electron chi connectivity index (χ3n) is 9.47. The predicted molar refractivity (Wildman–Crippen MR) is 178 cm³/mol. The monoisotopic (exact) mass is 741 g/mol. The fraction of sp³-hybridized carbons (Fsp3) is 0.647. The highest BCUT2D eigenvalue weighted by Gasteiger charge is 2.62. The SMILES string of the molecule is C=C(O)[C@H](C)NC(=O)C(F)(F)C(=O)[C@H](CCC)NC(=O)[C@@H]1[C@H]2CCC(F)(F)[C@H]2CN1C(=O)[C@@H](NC(=O)[C@@H](NC(=O)c1cnccn1)C(C)C)C(C)C. The number of carbonyl (C=O) groups excluding carboxylic acids is 6. The van der Waals surface area contributed by atoms with Crippen LogP contribution in [0.3, 0.4) is 0 Å². The summed E-state index contributed by atoms with van der Waals surface area (Å²) in [4.78, 5) is 88.4. The van der Waals surface area contributed by atoms with Gasteiger partial charge in [0.2, 0.25) is 23.5 Å². The van der Waals surface area contributed by atoms with Crippen LogP contribution in [0, 0.1) is 23.7 Å². The summed E-state index contributed by atoms with van der Waals surface area (Å²) in [6.45, 7) is 11.6. The molecule has 7 atom stereocenters. The van der Waals surface area contributed by atoms with E-state index < -0.39 is 120 Å². The average molecular weight is 742 g/mol. The Hall–Kier alpha value is -4.64. The number of alkyl halides is 4. The molecule has 0 radical (unpaired) electrons. The number of likely N-dealkylation sites (tertiary alicyclic amines) is 1. The van der Waals surface area contributed by atoms with Crippen LogP contribution in [-0.4, -0.2) is 104 Å². The van der Waals surface area contributed by atoms with Crippen molar-refractivity contribution in [2.75, 3.05) is 6.54 Å². The Bertz CT molecular complexity index is 1530. The molecular weight excluding hydrogens is 694 g/mol. The molecule has 1 aliphatic carbocycles. The smallest absolute Gasteiger partial charge is 0.383 e. The summed E-state index contributed by atoms with van der Waals surface area (Å²) in [5.74, 6) is -19.9. The van der Waals surface area contributed by atoms with Crippen LogP contribution >= 0.6 is 0 Å². The number of rotatable bonds is 16. The van der Waals surface area contributed by atoms with Gasteiger partial charge in [-0.15, -0.1) is 0 Å². The fourth-order valence-electron chi connectivity index (χ4n) is 6.44. The number of hydrogen-bond acceptors (Lipinski definition) is 9. The molecule has 1 saturated carbocycles. The summed E-state index contributed by atoms with van der Waals surface area (Å²) in [7, 11) is 0. The van der Waals surface area contributed by atoms with E-state index >= 15 is 17.6 Å². The normalized spacial score (nSPS) is 21.8. The van der Waals surface area contributed by atoms with Crippen molar-refractivity contribution in [2.45, 2.75) is 109 Å². The highest BCUT2D eigenvalue weighted by molar-refractivity contribution is 6.11. The number of ketones is 1. The lowest BCUT2D eigenvalue weighted by molar-refractivity contribution is -0.161. The number of aromatic nitrogens is 2. The highest BCUT2D eigenvalue weighted by Crippen LogP contribution is 2.51. The van der Waals surface area contributed by atoms with Gasteiger partial charge in [0.1, 0.15) is 29.6 Å². The molecule has 1 aromatic rings. The molecule has 1 aromatic heterocycles. The summed E-state index contributed by atoms with van der Waals surface area (Å²) in [6.07, 6.45) is 2.77. The quantitative estimate of drug-likeness (QED) is 0.0959. The molecule has 1 aliphatic heterocycles. The first-order chi connectivity index (χ1) is 24.1. The van der Waals surface area contributed by atoms with E-state index in [2.05, 4.69) is 32.5 Å².